The van der Waals surface area contributed by atoms with Crippen LogP contribution in [0.5, 0.6) is 0 Å². The van der Waals surface area contributed by atoms with Crippen LogP contribution in [-0.4, -0.2) is 19.4 Å². The summed E-state index contributed by atoms with van der Waals surface area (Å²) in [7, 11) is 0. The lowest BCUT2D eigenvalue weighted by molar-refractivity contribution is -0.107. The van der Waals surface area contributed by atoms with E-state index in [2.05, 4.69) is 50.4 Å². The molecule has 1 aromatic carbocycles. The van der Waals surface area contributed by atoms with Gasteiger partial charge in [0.25, 0.3) is 0 Å². The maximum atomic E-state index is 10.1. The van der Waals surface area contributed by atoms with Crippen molar-refractivity contribution in [2.24, 2.45) is 0 Å². The summed E-state index contributed by atoms with van der Waals surface area (Å²) < 4.78 is 0. The number of aldehydes is 1. The van der Waals surface area contributed by atoms with Gasteiger partial charge < -0.3 is 10.1 Å². The largest absolute Gasteiger partial charge is 0.310 e. The second-order valence-corrected chi connectivity index (χ2v) is 5.07. The highest BCUT2D eigenvalue weighted by atomic mass is 16.1. The topological polar surface area (TPSA) is 29.1 Å². The predicted octanol–water partition coefficient (Wildman–Crippen LogP) is 2.32. The molecule has 0 fully saturated rings. The summed E-state index contributed by atoms with van der Waals surface area (Å²) in [5, 5.41) is 3.06. The molecular weight excluding hydrogens is 198 g/mol. The molecule has 0 aliphatic carbocycles. The summed E-state index contributed by atoms with van der Waals surface area (Å²) in [4.78, 5) is 10.1. The van der Waals surface area contributed by atoms with E-state index < -0.39 is 0 Å². The van der Waals surface area contributed by atoms with Gasteiger partial charge in [-0.3, -0.25) is 0 Å². The highest BCUT2D eigenvalue weighted by Gasteiger charge is 2.12. The summed E-state index contributed by atoms with van der Waals surface area (Å²) in [5.74, 6) is 0. The summed E-state index contributed by atoms with van der Waals surface area (Å²) in [6.07, 6.45) is 1.86. The van der Waals surface area contributed by atoms with Crippen molar-refractivity contribution in [1.29, 1.82) is 0 Å². The first-order valence-electron chi connectivity index (χ1n) is 5.78. The Kier molecular flexibility index (Phi) is 4.69. The van der Waals surface area contributed by atoms with Crippen LogP contribution in [0.25, 0.3) is 0 Å². The zero-order valence-electron chi connectivity index (χ0n) is 10.4. The van der Waals surface area contributed by atoms with Crippen LogP contribution in [0.3, 0.4) is 0 Å². The highest BCUT2D eigenvalue weighted by Crippen LogP contribution is 2.22. The second-order valence-electron chi connectivity index (χ2n) is 5.07. The summed E-state index contributed by atoms with van der Waals surface area (Å²) in [6, 6.07) is 8.72. The normalized spacial score (nSPS) is 11.4. The molecule has 1 N–H and O–H groups in total. The summed E-state index contributed by atoms with van der Waals surface area (Å²) >= 11 is 0. The zero-order chi connectivity index (χ0) is 12.0. The van der Waals surface area contributed by atoms with Gasteiger partial charge in [-0.05, 0) is 29.5 Å². The van der Waals surface area contributed by atoms with E-state index in [0.29, 0.717) is 6.54 Å². The second kappa shape index (κ2) is 5.80. The molecule has 0 unspecified atom stereocenters. The number of carbonyl (C=O) groups is 1. The van der Waals surface area contributed by atoms with Crippen LogP contribution < -0.4 is 5.32 Å². The number of carbonyl (C=O) groups excluding carboxylic acids is 1. The number of nitrogens with one attached hydrogen (secondary N) is 1. The summed E-state index contributed by atoms with van der Waals surface area (Å²) in [6.45, 7) is 7.95. The van der Waals surface area contributed by atoms with E-state index in [4.69, 9.17) is 0 Å². The molecular formula is C14H21NO. The first-order valence-corrected chi connectivity index (χ1v) is 5.78. The molecule has 16 heavy (non-hydrogen) atoms. The molecule has 0 aliphatic heterocycles. The van der Waals surface area contributed by atoms with Gasteiger partial charge in [-0.2, -0.15) is 0 Å². The fourth-order valence-corrected chi connectivity index (χ4v) is 1.57. The van der Waals surface area contributed by atoms with Gasteiger partial charge in [0.05, 0.1) is 6.54 Å². The van der Waals surface area contributed by atoms with E-state index in [9.17, 15) is 4.79 Å². The van der Waals surface area contributed by atoms with Crippen LogP contribution in [0.2, 0.25) is 0 Å². The maximum absolute atomic E-state index is 10.1. The Morgan fingerprint density at radius 1 is 1.19 bits per heavy atom. The monoisotopic (exact) mass is 219 g/mol. The van der Waals surface area contributed by atoms with Gasteiger partial charge in [0.1, 0.15) is 6.29 Å². The van der Waals surface area contributed by atoms with Gasteiger partial charge in [-0.25, -0.2) is 0 Å². The number of hydrogen-bond acceptors (Lipinski definition) is 2. The van der Waals surface area contributed by atoms with E-state index in [1.807, 2.05) is 0 Å². The third-order valence-electron chi connectivity index (χ3n) is 2.64. The average molecular weight is 219 g/mol. The van der Waals surface area contributed by atoms with Crippen molar-refractivity contribution in [2.75, 3.05) is 13.1 Å². The number of rotatable bonds is 5. The fraction of sp³-hybridized carbons (Fsp3) is 0.500. The van der Waals surface area contributed by atoms with Crippen molar-refractivity contribution in [3.63, 3.8) is 0 Å². The third-order valence-corrected chi connectivity index (χ3v) is 2.64. The Labute approximate surface area is 98.1 Å². The van der Waals surface area contributed by atoms with Crippen LogP contribution in [0.15, 0.2) is 24.3 Å². The maximum Gasteiger partial charge on any atom is 0.133 e. The van der Waals surface area contributed by atoms with Crippen molar-refractivity contribution in [3.05, 3.63) is 35.4 Å². The first kappa shape index (κ1) is 12.9. The van der Waals surface area contributed by atoms with Gasteiger partial charge in [0, 0.05) is 0 Å². The third kappa shape index (κ3) is 4.15. The van der Waals surface area contributed by atoms with Gasteiger partial charge in [0.15, 0.2) is 0 Å². The highest BCUT2D eigenvalue weighted by molar-refractivity contribution is 5.51. The molecule has 1 rings (SSSR count). The van der Waals surface area contributed by atoms with Crippen LogP contribution >= 0.6 is 0 Å². The molecule has 0 heterocycles. The Morgan fingerprint density at radius 2 is 1.81 bits per heavy atom. The standard InChI is InChI=1S/C14H21NO/c1-14(2,3)13-6-4-12(5-7-13)8-9-15-10-11-16/h4-7,11,15H,8-10H2,1-3H3. The molecule has 88 valence electrons. The number of hydrogen-bond donors (Lipinski definition) is 1. The van der Waals surface area contributed by atoms with Crippen molar-refractivity contribution >= 4 is 6.29 Å². The van der Waals surface area contributed by atoms with Crippen LogP contribution in [0.1, 0.15) is 31.9 Å². The average Bonchev–Trinajstić information content (AvgIpc) is 2.24. The van der Waals surface area contributed by atoms with Crippen molar-refractivity contribution in [2.45, 2.75) is 32.6 Å². The fourth-order valence-electron chi connectivity index (χ4n) is 1.57. The van der Waals surface area contributed by atoms with Gasteiger partial charge in [-0.1, -0.05) is 45.0 Å². The molecule has 0 aliphatic rings. The summed E-state index contributed by atoms with van der Waals surface area (Å²) in [5.41, 5.74) is 2.89. The zero-order valence-corrected chi connectivity index (χ0v) is 10.4. The van der Waals surface area contributed by atoms with Gasteiger partial charge in [-0.15, -0.1) is 0 Å². The Balaban J connectivity index is 2.48. The Morgan fingerprint density at radius 3 is 2.31 bits per heavy atom. The molecule has 0 amide bonds. The molecule has 0 saturated heterocycles. The molecule has 2 heteroatoms. The minimum atomic E-state index is 0.217. The minimum Gasteiger partial charge on any atom is -0.310 e. The smallest absolute Gasteiger partial charge is 0.133 e. The molecule has 0 saturated carbocycles. The van der Waals surface area contributed by atoms with Crippen molar-refractivity contribution < 1.29 is 4.79 Å². The van der Waals surface area contributed by atoms with Crippen LogP contribution in [0.4, 0.5) is 0 Å². The predicted molar refractivity (Wildman–Crippen MR) is 67.8 cm³/mol. The lowest BCUT2D eigenvalue weighted by Gasteiger charge is -2.19. The molecule has 2 nitrogen and oxygen atoms in total. The SMILES string of the molecule is CC(C)(C)c1ccc(CCNCC=O)cc1. The lowest BCUT2D eigenvalue weighted by Crippen LogP contribution is -2.19. The lowest BCUT2D eigenvalue weighted by atomic mass is 9.86. The van der Waals surface area contributed by atoms with Crippen LogP contribution in [0, 0.1) is 0 Å². The van der Waals surface area contributed by atoms with E-state index in [-0.39, 0.29) is 5.41 Å². The molecule has 0 atom stereocenters. The molecule has 0 aromatic heterocycles. The Bertz CT molecular complexity index is 322. The van der Waals surface area contributed by atoms with E-state index in [1.54, 1.807) is 0 Å². The van der Waals surface area contributed by atoms with Gasteiger partial charge in [0.2, 0.25) is 0 Å². The molecule has 0 bridgehead atoms. The van der Waals surface area contributed by atoms with Crippen LogP contribution in [-0.2, 0) is 16.6 Å². The molecule has 0 radical (unpaired) electrons. The van der Waals surface area contributed by atoms with E-state index in [1.165, 1.54) is 11.1 Å². The van der Waals surface area contributed by atoms with E-state index >= 15 is 0 Å². The Hall–Kier alpha value is -1.15. The van der Waals surface area contributed by atoms with Gasteiger partial charge >= 0.3 is 0 Å². The molecule has 1 aromatic rings. The quantitative estimate of drug-likeness (QED) is 0.608. The van der Waals surface area contributed by atoms with E-state index in [0.717, 1.165) is 19.3 Å². The minimum absolute atomic E-state index is 0.217. The van der Waals surface area contributed by atoms with Crippen molar-refractivity contribution in [3.8, 4) is 0 Å². The number of benzene rings is 1. The first-order chi connectivity index (χ1) is 7.54. The molecule has 0 spiro atoms. The van der Waals surface area contributed by atoms with Crippen molar-refractivity contribution in [1.82, 2.24) is 5.32 Å².